The highest BCUT2D eigenvalue weighted by atomic mass is 19.4. The van der Waals surface area contributed by atoms with Crippen LogP contribution < -0.4 is 5.90 Å². The quantitative estimate of drug-likeness (QED) is 0.660. The van der Waals surface area contributed by atoms with Crippen molar-refractivity contribution in [3.05, 3.63) is 35.4 Å². The van der Waals surface area contributed by atoms with Gasteiger partial charge in [0.05, 0.1) is 6.61 Å². The lowest BCUT2D eigenvalue weighted by atomic mass is 9.87. The van der Waals surface area contributed by atoms with E-state index in [1.807, 2.05) is 0 Å². The highest BCUT2D eigenvalue weighted by molar-refractivity contribution is 5.30. The molecular weight excluding hydrogens is 273 g/mol. The Bertz CT molecular complexity index is 410. The SMILES string of the molecule is CC(F)(F)C(O)(c1ccc(CON)cc1)C(F)(F)F. The second-order valence-electron chi connectivity index (χ2n) is 4.10. The minimum atomic E-state index is -5.52. The van der Waals surface area contributed by atoms with Gasteiger partial charge in [-0.1, -0.05) is 24.3 Å². The van der Waals surface area contributed by atoms with Crippen LogP contribution in [0.2, 0.25) is 0 Å². The lowest BCUT2D eigenvalue weighted by Gasteiger charge is -2.35. The maximum Gasteiger partial charge on any atom is 0.427 e. The first-order valence-electron chi connectivity index (χ1n) is 5.12. The Kier molecular flexibility index (Phi) is 4.18. The van der Waals surface area contributed by atoms with E-state index in [1.165, 1.54) is 0 Å². The van der Waals surface area contributed by atoms with Crippen molar-refractivity contribution in [1.82, 2.24) is 0 Å². The monoisotopic (exact) mass is 285 g/mol. The first-order valence-corrected chi connectivity index (χ1v) is 5.12. The van der Waals surface area contributed by atoms with E-state index in [2.05, 4.69) is 4.84 Å². The minimum Gasteiger partial charge on any atom is -0.372 e. The van der Waals surface area contributed by atoms with Gasteiger partial charge < -0.3 is 5.11 Å². The summed E-state index contributed by atoms with van der Waals surface area (Å²) in [5.41, 5.74) is -4.81. The van der Waals surface area contributed by atoms with Crippen molar-refractivity contribution >= 4 is 0 Å². The molecule has 1 aromatic rings. The molecule has 1 unspecified atom stereocenters. The van der Waals surface area contributed by atoms with Gasteiger partial charge >= 0.3 is 6.18 Å². The maximum atomic E-state index is 13.2. The van der Waals surface area contributed by atoms with Crippen LogP contribution in [-0.2, 0) is 17.0 Å². The molecule has 0 saturated heterocycles. The third kappa shape index (κ3) is 2.85. The van der Waals surface area contributed by atoms with Gasteiger partial charge in [-0.05, 0) is 11.1 Å². The normalized spacial score (nSPS) is 16.2. The van der Waals surface area contributed by atoms with E-state index in [-0.39, 0.29) is 13.5 Å². The van der Waals surface area contributed by atoms with Crippen LogP contribution in [0.5, 0.6) is 0 Å². The van der Waals surface area contributed by atoms with Crippen molar-refractivity contribution in [2.75, 3.05) is 0 Å². The van der Waals surface area contributed by atoms with Crippen LogP contribution in [0.15, 0.2) is 24.3 Å². The average Bonchev–Trinajstić information content (AvgIpc) is 2.26. The third-order valence-electron chi connectivity index (χ3n) is 2.67. The van der Waals surface area contributed by atoms with E-state index in [0.29, 0.717) is 5.56 Å². The summed E-state index contributed by atoms with van der Waals surface area (Å²) >= 11 is 0. The largest absolute Gasteiger partial charge is 0.427 e. The number of halogens is 5. The average molecular weight is 285 g/mol. The molecule has 0 heterocycles. The smallest absolute Gasteiger partial charge is 0.372 e. The fourth-order valence-corrected chi connectivity index (χ4v) is 1.60. The lowest BCUT2D eigenvalue weighted by Crippen LogP contribution is -2.54. The van der Waals surface area contributed by atoms with Crippen molar-refractivity contribution in [3.63, 3.8) is 0 Å². The van der Waals surface area contributed by atoms with Gasteiger partial charge in [-0.2, -0.15) is 13.2 Å². The van der Waals surface area contributed by atoms with E-state index >= 15 is 0 Å². The van der Waals surface area contributed by atoms with Crippen molar-refractivity contribution in [1.29, 1.82) is 0 Å². The van der Waals surface area contributed by atoms with Gasteiger partial charge in [0.1, 0.15) is 0 Å². The molecule has 8 heteroatoms. The molecule has 1 aromatic carbocycles. The summed E-state index contributed by atoms with van der Waals surface area (Å²) in [5.74, 6) is 0.382. The van der Waals surface area contributed by atoms with Crippen LogP contribution in [0, 0.1) is 0 Å². The van der Waals surface area contributed by atoms with Gasteiger partial charge in [0.15, 0.2) is 0 Å². The van der Waals surface area contributed by atoms with Gasteiger partial charge in [-0.15, -0.1) is 0 Å². The standard InChI is InChI=1S/C11H12F5NO2/c1-9(12,13)10(18,11(14,15)16)8-4-2-7(3-5-8)6-19-17/h2-5,18H,6,17H2,1H3. The number of nitrogens with two attached hydrogens (primary N) is 1. The van der Waals surface area contributed by atoms with E-state index in [9.17, 15) is 27.1 Å². The number of benzene rings is 1. The molecule has 1 atom stereocenters. The van der Waals surface area contributed by atoms with Crippen LogP contribution in [0.1, 0.15) is 18.1 Å². The van der Waals surface area contributed by atoms with Crippen LogP contribution in [0.25, 0.3) is 0 Å². The zero-order valence-electron chi connectivity index (χ0n) is 9.84. The number of aliphatic hydroxyl groups is 1. The Morgan fingerprint density at radius 2 is 1.58 bits per heavy atom. The lowest BCUT2D eigenvalue weighted by molar-refractivity contribution is -0.335. The van der Waals surface area contributed by atoms with Crippen LogP contribution in [-0.4, -0.2) is 17.2 Å². The van der Waals surface area contributed by atoms with Crippen molar-refractivity contribution in [2.45, 2.75) is 31.2 Å². The highest BCUT2D eigenvalue weighted by Gasteiger charge is 2.67. The fourth-order valence-electron chi connectivity index (χ4n) is 1.60. The number of alkyl halides is 5. The molecule has 0 amide bonds. The Morgan fingerprint density at radius 1 is 1.11 bits per heavy atom. The summed E-state index contributed by atoms with van der Waals surface area (Å²) in [5, 5.41) is 9.45. The molecule has 0 spiro atoms. The molecule has 0 saturated carbocycles. The van der Waals surface area contributed by atoms with Crippen molar-refractivity contribution in [2.24, 2.45) is 5.90 Å². The summed E-state index contributed by atoms with van der Waals surface area (Å²) in [6.07, 6.45) is -5.52. The van der Waals surface area contributed by atoms with Gasteiger partial charge in [0, 0.05) is 6.92 Å². The van der Waals surface area contributed by atoms with Gasteiger partial charge in [0.2, 0.25) is 5.60 Å². The molecule has 0 fully saturated rings. The van der Waals surface area contributed by atoms with Gasteiger partial charge in [0.25, 0.3) is 5.92 Å². The molecule has 3 N–H and O–H groups in total. The van der Waals surface area contributed by atoms with E-state index in [0.717, 1.165) is 24.3 Å². The second-order valence-corrected chi connectivity index (χ2v) is 4.10. The van der Waals surface area contributed by atoms with Gasteiger partial charge in [-0.3, -0.25) is 4.84 Å². The molecule has 0 bridgehead atoms. The predicted octanol–water partition coefficient (Wildman–Crippen LogP) is 2.48. The topological polar surface area (TPSA) is 55.5 Å². The van der Waals surface area contributed by atoms with E-state index in [4.69, 9.17) is 5.90 Å². The molecule has 19 heavy (non-hydrogen) atoms. The predicted molar refractivity (Wildman–Crippen MR) is 56.0 cm³/mol. The molecule has 1 rings (SSSR count). The van der Waals surface area contributed by atoms with Crippen LogP contribution in [0.3, 0.4) is 0 Å². The second kappa shape index (κ2) is 5.03. The molecule has 0 aliphatic heterocycles. The zero-order valence-corrected chi connectivity index (χ0v) is 9.84. The first-order chi connectivity index (χ1) is 8.54. The van der Waals surface area contributed by atoms with E-state index in [1.54, 1.807) is 0 Å². The fraction of sp³-hybridized carbons (Fsp3) is 0.455. The molecule has 108 valence electrons. The number of hydrogen-bond donors (Lipinski definition) is 2. The summed E-state index contributed by atoms with van der Waals surface area (Å²) in [7, 11) is 0. The van der Waals surface area contributed by atoms with Crippen molar-refractivity contribution in [3.8, 4) is 0 Å². The molecule has 0 aliphatic rings. The Balaban J connectivity index is 3.28. The number of rotatable bonds is 4. The minimum absolute atomic E-state index is 0.0113. The summed E-state index contributed by atoms with van der Waals surface area (Å²) in [6, 6.07) is 3.76. The maximum absolute atomic E-state index is 13.2. The molecular formula is C11H12F5NO2. The Hall–Kier alpha value is -1.25. The molecule has 0 aromatic heterocycles. The summed E-state index contributed by atoms with van der Waals surface area (Å²) in [6.45, 7) is -0.0787. The Morgan fingerprint density at radius 3 is 1.89 bits per heavy atom. The van der Waals surface area contributed by atoms with Crippen LogP contribution in [0.4, 0.5) is 22.0 Å². The molecule has 0 aliphatic carbocycles. The van der Waals surface area contributed by atoms with Crippen LogP contribution >= 0.6 is 0 Å². The first kappa shape index (κ1) is 15.8. The summed E-state index contributed by atoms with van der Waals surface area (Å²) < 4.78 is 64.7. The zero-order chi connectivity index (χ0) is 14.9. The van der Waals surface area contributed by atoms with Crippen molar-refractivity contribution < 1.29 is 31.9 Å². The highest BCUT2D eigenvalue weighted by Crippen LogP contribution is 2.48. The Labute approximate surface area is 105 Å². The third-order valence-corrected chi connectivity index (χ3v) is 2.67. The van der Waals surface area contributed by atoms with E-state index < -0.39 is 23.3 Å². The molecule has 0 radical (unpaired) electrons. The summed E-state index contributed by atoms with van der Waals surface area (Å²) in [4.78, 5) is 4.26. The molecule has 3 nitrogen and oxygen atoms in total. The van der Waals surface area contributed by atoms with Gasteiger partial charge in [-0.25, -0.2) is 14.7 Å². The number of hydrogen-bond acceptors (Lipinski definition) is 3.